The number of nitrogens with two attached hydrogens (primary N) is 1. The van der Waals surface area contributed by atoms with Gasteiger partial charge in [-0.1, -0.05) is 29.3 Å². The highest BCUT2D eigenvalue weighted by atomic mass is 35.5. The van der Waals surface area contributed by atoms with E-state index in [1.165, 1.54) is 23.1 Å². The fraction of sp³-hybridized carbons (Fsp3) is 0.0667. The molecule has 0 bridgehead atoms. The number of carbonyl (C=O) groups is 1. The molecule has 124 valence electrons. The van der Waals surface area contributed by atoms with Crippen LogP contribution in [-0.4, -0.2) is 16.0 Å². The van der Waals surface area contributed by atoms with Gasteiger partial charge >= 0.3 is 0 Å². The molecule has 24 heavy (non-hydrogen) atoms. The van der Waals surface area contributed by atoms with Gasteiger partial charge in [0.25, 0.3) is 11.5 Å². The summed E-state index contributed by atoms with van der Waals surface area (Å²) in [5.41, 5.74) is 6.10. The number of fused-ring (bicyclic) bond motifs is 1. The Bertz CT molecular complexity index is 994. The number of primary amides is 1. The van der Waals surface area contributed by atoms with Gasteiger partial charge in [-0.25, -0.2) is 0 Å². The Morgan fingerprint density at radius 2 is 2.00 bits per heavy atom. The first kappa shape index (κ1) is 17.2. The second kappa shape index (κ2) is 6.68. The van der Waals surface area contributed by atoms with Crippen molar-refractivity contribution in [1.82, 2.24) is 4.98 Å². The van der Waals surface area contributed by atoms with Crippen molar-refractivity contribution < 1.29 is 9.90 Å². The third kappa shape index (κ3) is 3.12. The first-order valence-corrected chi connectivity index (χ1v) is 9.18. The van der Waals surface area contributed by atoms with Crippen molar-refractivity contribution in [2.45, 2.75) is 9.96 Å². The third-order valence-corrected chi connectivity index (χ3v) is 6.50. The molecule has 1 amide bonds. The lowest BCUT2D eigenvalue weighted by Gasteiger charge is -2.06. The maximum absolute atomic E-state index is 11.8. The summed E-state index contributed by atoms with van der Waals surface area (Å²) in [6.07, 6.45) is 0. The van der Waals surface area contributed by atoms with E-state index in [4.69, 9.17) is 28.9 Å². The number of halogens is 2. The second-order valence-corrected chi connectivity index (χ2v) is 7.92. The van der Waals surface area contributed by atoms with Gasteiger partial charge in [0, 0.05) is 21.9 Å². The Balaban J connectivity index is 2.06. The van der Waals surface area contributed by atoms with Crippen LogP contribution >= 0.6 is 46.3 Å². The number of aromatic amines is 1. The number of carbonyl (C=O) groups excluding carboxylic acids is 1. The normalized spacial score (nSPS) is 11.1. The molecule has 0 unspecified atom stereocenters. The largest absolute Gasteiger partial charge is 0.506 e. The Labute approximate surface area is 154 Å². The molecule has 3 rings (SSSR count). The lowest BCUT2D eigenvalue weighted by molar-refractivity contribution is 0.0999. The van der Waals surface area contributed by atoms with Gasteiger partial charge in [0.15, 0.2) is 0 Å². The summed E-state index contributed by atoms with van der Waals surface area (Å²) in [6, 6.07) is 6.26. The fourth-order valence-electron chi connectivity index (χ4n) is 2.19. The zero-order valence-corrected chi connectivity index (χ0v) is 15.1. The summed E-state index contributed by atoms with van der Waals surface area (Å²) in [5, 5.41) is 11.0. The van der Waals surface area contributed by atoms with Gasteiger partial charge in [0.2, 0.25) is 0 Å². The molecule has 5 nitrogen and oxygen atoms in total. The zero-order valence-electron chi connectivity index (χ0n) is 11.9. The molecule has 9 heteroatoms. The number of hydrogen-bond acceptors (Lipinski definition) is 5. The summed E-state index contributed by atoms with van der Waals surface area (Å²) in [4.78, 5) is 25.9. The molecule has 0 aliphatic rings. The van der Waals surface area contributed by atoms with Crippen molar-refractivity contribution in [3.63, 3.8) is 0 Å². The summed E-state index contributed by atoms with van der Waals surface area (Å²) >= 11 is 14.8. The average molecular weight is 401 g/mol. The van der Waals surface area contributed by atoms with E-state index in [0.29, 0.717) is 24.7 Å². The van der Waals surface area contributed by atoms with Gasteiger partial charge in [-0.15, -0.1) is 23.1 Å². The van der Waals surface area contributed by atoms with Gasteiger partial charge in [-0.3, -0.25) is 9.59 Å². The Kier molecular flexibility index (Phi) is 4.78. The topological polar surface area (TPSA) is 96.2 Å². The molecule has 0 radical (unpaired) electrons. The molecule has 2 aromatic heterocycles. The third-order valence-electron chi connectivity index (χ3n) is 3.28. The molecule has 2 heterocycles. The molecule has 0 fully saturated rings. The quantitative estimate of drug-likeness (QED) is 0.576. The number of benzene rings is 1. The zero-order chi connectivity index (χ0) is 17.4. The van der Waals surface area contributed by atoms with Crippen LogP contribution in [-0.2, 0) is 5.75 Å². The van der Waals surface area contributed by atoms with Crippen LogP contribution in [0.15, 0.2) is 33.3 Å². The van der Waals surface area contributed by atoms with Crippen molar-refractivity contribution in [2.24, 2.45) is 5.73 Å². The van der Waals surface area contributed by atoms with Crippen LogP contribution in [0.1, 0.15) is 15.9 Å². The minimum atomic E-state index is -0.685. The van der Waals surface area contributed by atoms with Gasteiger partial charge in [0.1, 0.15) is 5.75 Å². The predicted octanol–water partition coefficient (Wildman–Crippen LogP) is 3.99. The molecule has 0 saturated heterocycles. The van der Waals surface area contributed by atoms with E-state index in [9.17, 15) is 14.7 Å². The minimum absolute atomic E-state index is 0.177. The number of H-pyrrole nitrogens is 1. The number of nitrogens with one attached hydrogen (secondary N) is 1. The van der Waals surface area contributed by atoms with Crippen molar-refractivity contribution in [3.05, 3.63) is 55.8 Å². The van der Waals surface area contributed by atoms with E-state index in [-0.39, 0.29) is 16.8 Å². The number of rotatable bonds is 4. The summed E-state index contributed by atoms with van der Waals surface area (Å²) in [5.74, 6) is -0.463. The Morgan fingerprint density at radius 1 is 1.33 bits per heavy atom. The van der Waals surface area contributed by atoms with E-state index < -0.39 is 11.5 Å². The minimum Gasteiger partial charge on any atom is -0.506 e. The lowest BCUT2D eigenvalue weighted by Crippen LogP contribution is -2.13. The van der Waals surface area contributed by atoms with E-state index >= 15 is 0 Å². The van der Waals surface area contributed by atoms with Crippen molar-refractivity contribution in [1.29, 1.82) is 0 Å². The smallest absolute Gasteiger partial charge is 0.252 e. The summed E-state index contributed by atoms with van der Waals surface area (Å²) in [7, 11) is 0. The SMILES string of the molecule is NC(=O)c1c(SCc2c(Cl)cccc2Cl)sc2c(O)cc(=O)[nH]c12. The maximum atomic E-state index is 11.8. The fourth-order valence-corrected chi connectivity index (χ4v) is 5.39. The number of hydrogen-bond donors (Lipinski definition) is 3. The molecule has 0 aliphatic carbocycles. The van der Waals surface area contributed by atoms with Crippen LogP contribution in [0.4, 0.5) is 0 Å². The van der Waals surface area contributed by atoms with Crippen molar-refractivity contribution >= 4 is 62.4 Å². The van der Waals surface area contributed by atoms with Gasteiger partial charge < -0.3 is 15.8 Å². The number of thioether (sulfide) groups is 1. The average Bonchev–Trinajstić information content (AvgIpc) is 2.85. The van der Waals surface area contributed by atoms with Crippen LogP contribution in [0.2, 0.25) is 10.0 Å². The highest BCUT2D eigenvalue weighted by Crippen LogP contribution is 2.42. The number of amides is 1. The number of aromatic nitrogens is 1. The van der Waals surface area contributed by atoms with Gasteiger partial charge in [-0.05, 0) is 17.7 Å². The second-order valence-electron chi connectivity index (χ2n) is 4.84. The first-order valence-electron chi connectivity index (χ1n) is 6.62. The molecular weight excluding hydrogens is 391 g/mol. The van der Waals surface area contributed by atoms with Crippen molar-refractivity contribution in [2.75, 3.05) is 0 Å². The number of aromatic hydroxyl groups is 1. The molecule has 1 aromatic carbocycles. The monoisotopic (exact) mass is 400 g/mol. The van der Waals surface area contributed by atoms with E-state index in [2.05, 4.69) is 4.98 Å². The molecule has 0 aliphatic heterocycles. The molecule has 0 saturated carbocycles. The molecule has 0 spiro atoms. The first-order chi connectivity index (χ1) is 11.4. The summed E-state index contributed by atoms with van der Waals surface area (Å²) in [6.45, 7) is 0. The van der Waals surface area contributed by atoms with Gasteiger partial charge in [-0.2, -0.15) is 0 Å². The summed E-state index contributed by atoms with van der Waals surface area (Å²) < 4.78 is 0.974. The van der Waals surface area contributed by atoms with Crippen LogP contribution in [0, 0.1) is 0 Å². The van der Waals surface area contributed by atoms with E-state index in [1.54, 1.807) is 18.2 Å². The van der Waals surface area contributed by atoms with Crippen LogP contribution in [0.5, 0.6) is 5.75 Å². The highest BCUT2D eigenvalue weighted by Gasteiger charge is 2.21. The van der Waals surface area contributed by atoms with Crippen LogP contribution < -0.4 is 11.3 Å². The molecular formula is C15H10Cl2N2O3S2. The number of thiophene rings is 1. The molecule has 0 atom stereocenters. The van der Waals surface area contributed by atoms with Gasteiger partial charge in [0.05, 0.1) is 20.0 Å². The number of pyridine rings is 1. The van der Waals surface area contributed by atoms with E-state index in [1.807, 2.05) is 0 Å². The van der Waals surface area contributed by atoms with Crippen LogP contribution in [0.3, 0.4) is 0 Å². The lowest BCUT2D eigenvalue weighted by atomic mass is 10.2. The standard InChI is InChI=1S/C15H10Cl2N2O3S2/c16-7-2-1-3-8(17)6(7)5-23-15-11(14(18)22)12-13(24-15)9(20)4-10(21)19-12/h1-4H,5H2,(H2,18,22)(H2,19,20,21). The Hall–Kier alpha value is -1.67. The van der Waals surface area contributed by atoms with Crippen LogP contribution in [0.25, 0.3) is 10.2 Å². The highest BCUT2D eigenvalue weighted by molar-refractivity contribution is 8.00. The predicted molar refractivity (Wildman–Crippen MR) is 98.7 cm³/mol. The molecule has 3 aromatic rings. The maximum Gasteiger partial charge on any atom is 0.252 e. The Morgan fingerprint density at radius 3 is 2.62 bits per heavy atom. The van der Waals surface area contributed by atoms with Crippen molar-refractivity contribution in [3.8, 4) is 5.75 Å². The molecule has 4 N–H and O–H groups in total. The van der Waals surface area contributed by atoms with E-state index in [0.717, 1.165) is 11.6 Å².